The van der Waals surface area contributed by atoms with E-state index in [1.54, 1.807) is 12.1 Å². The molecule has 0 atom stereocenters. The zero-order chi connectivity index (χ0) is 17.7. The molecule has 5 rings (SSSR count). The maximum Gasteiger partial charge on any atom is 0.202 e. The van der Waals surface area contributed by atoms with Gasteiger partial charge < -0.3 is 13.6 Å². The lowest BCUT2D eigenvalue weighted by Gasteiger charge is -2.05. The number of pyridine rings is 1. The van der Waals surface area contributed by atoms with Gasteiger partial charge in [-0.15, -0.1) is 0 Å². The van der Waals surface area contributed by atoms with Gasteiger partial charge in [0.15, 0.2) is 5.58 Å². The van der Waals surface area contributed by atoms with E-state index in [9.17, 15) is 4.79 Å². The number of rotatable bonds is 3. The maximum absolute atomic E-state index is 13.1. The fourth-order valence-corrected chi connectivity index (χ4v) is 3.52. The summed E-state index contributed by atoms with van der Waals surface area (Å²) < 4.78 is 13.8. The summed E-state index contributed by atoms with van der Waals surface area (Å²) in [5, 5.41) is 2.31. The van der Waals surface area contributed by atoms with E-state index in [1.165, 1.54) is 0 Å². The van der Waals surface area contributed by atoms with Crippen molar-refractivity contribution < 1.29 is 9.15 Å². The molecule has 0 N–H and O–H groups in total. The van der Waals surface area contributed by atoms with Crippen molar-refractivity contribution >= 4 is 38.4 Å². The van der Waals surface area contributed by atoms with Crippen molar-refractivity contribution in [3.63, 3.8) is 0 Å². The molecule has 0 aliphatic heterocycles. The van der Waals surface area contributed by atoms with Gasteiger partial charge >= 0.3 is 0 Å². The highest BCUT2D eigenvalue weighted by atomic mass is 16.5. The Morgan fingerprint density at radius 1 is 1.00 bits per heavy atom. The molecule has 0 aliphatic carbocycles. The molecule has 128 valence electrons. The van der Waals surface area contributed by atoms with Gasteiger partial charge in [0.25, 0.3) is 0 Å². The summed E-state index contributed by atoms with van der Waals surface area (Å²) in [6.45, 7) is 2.70. The van der Waals surface area contributed by atoms with Crippen molar-refractivity contribution in [2.24, 2.45) is 0 Å². The average Bonchev–Trinajstić information content (AvgIpc) is 3.05. The predicted molar refractivity (Wildman–Crippen MR) is 104 cm³/mol. The highest BCUT2D eigenvalue weighted by Crippen LogP contribution is 2.28. The minimum Gasteiger partial charge on any atom is -0.493 e. The number of aromatic nitrogens is 1. The van der Waals surface area contributed by atoms with Gasteiger partial charge in [-0.2, -0.15) is 0 Å². The van der Waals surface area contributed by atoms with E-state index in [2.05, 4.69) is 13.0 Å². The second-order valence-electron chi connectivity index (χ2n) is 6.45. The molecule has 0 saturated heterocycles. The Kier molecular flexibility index (Phi) is 3.25. The lowest BCUT2D eigenvalue weighted by Crippen LogP contribution is -2.02. The van der Waals surface area contributed by atoms with Gasteiger partial charge in [-0.3, -0.25) is 4.79 Å². The molecule has 3 heterocycles. The summed E-state index contributed by atoms with van der Waals surface area (Å²) in [5.41, 5.74) is 3.04. The minimum absolute atomic E-state index is 0.0129. The van der Waals surface area contributed by atoms with E-state index in [0.717, 1.165) is 28.6 Å². The van der Waals surface area contributed by atoms with Crippen molar-refractivity contribution in [1.82, 2.24) is 4.40 Å². The number of fused-ring (bicyclic) bond motifs is 6. The third-order valence-corrected chi connectivity index (χ3v) is 4.74. The minimum atomic E-state index is -0.0129. The molecular formula is C22H17NO3. The molecule has 4 nitrogen and oxygen atoms in total. The third-order valence-electron chi connectivity index (χ3n) is 4.74. The van der Waals surface area contributed by atoms with Crippen LogP contribution < -0.4 is 10.2 Å². The Balaban J connectivity index is 1.86. The van der Waals surface area contributed by atoms with Crippen LogP contribution in [-0.4, -0.2) is 11.0 Å². The van der Waals surface area contributed by atoms with Gasteiger partial charge in [0, 0.05) is 6.07 Å². The molecule has 0 fully saturated rings. The fraction of sp³-hybridized carbons (Fsp3) is 0.136. The molecule has 0 unspecified atom stereocenters. The average molecular weight is 343 g/mol. The van der Waals surface area contributed by atoms with Gasteiger partial charge in [0.2, 0.25) is 5.43 Å². The summed E-state index contributed by atoms with van der Waals surface area (Å²) in [5.74, 6) is 0.719. The summed E-state index contributed by atoms with van der Waals surface area (Å²) >= 11 is 0. The number of benzene rings is 2. The molecule has 0 saturated carbocycles. The number of para-hydroxylation sites is 1. The second-order valence-corrected chi connectivity index (χ2v) is 6.45. The summed E-state index contributed by atoms with van der Waals surface area (Å²) in [6.07, 6.45) is 2.83. The Bertz CT molecular complexity index is 1340. The van der Waals surface area contributed by atoms with Crippen LogP contribution in [0, 0.1) is 0 Å². The van der Waals surface area contributed by atoms with E-state index < -0.39 is 0 Å². The van der Waals surface area contributed by atoms with Crippen LogP contribution in [0.4, 0.5) is 0 Å². The first-order valence-corrected chi connectivity index (χ1v) is 8.78. The molecule has 2 aromatic carbocycles. The zero-order valence-electron chi connectivity index (χ0n) is 14.4. The predicted octanol–water partition coefficient (Wildman–Crippen LogP) is 5.14. The van der Waals surface area contributed by atoms with Crippen LogP contribution >= 0.6 is 0 Å². The fourth-order valence-electron chi connectivity index (χ4n) is 3.52. The van der Waals surface area contributed by atoms with Gasteiger partial charge in [-0.05, 0) is 36.1 Å². The van der Waals surface area contributed by atoms with Gasteiger partial charge in [-0.1, -0.05) is 31.2 Å². The van der Waals surface area contributed by atoms with E-state index in [0.29, 0.717) is 28.5 Å². The van der Waals surface area contributed by atoms with Crippen molar-refractivity contribution in [3.8, 4) is 5.75 Å². The standard InChI is InChI=1S/C22H17NO3/c1-2-11-25-15-8-9-16-19(12-15)26-20-13-23-17-6-4-3-5-14(17)7-10-18(23)21(20)22(16)24/h3-10,12-13H,2,11H2,1H3. The molecule has 0 amide bonds. The Labute approximate surface area is 149 Å². The maximum atomic E-state index is 13.1. The first-order valence-electron chi connectivity index (χ1n) is 8.78. The highest BCUT2D eigenvalue weighted by Gasteiger charge is 2.14. The molecule has 0 bridgehead atoms. The monoisotopic (exact) mass is 343 g/mol. The van der Waals surface area contributed by atoms with Crippen LogP contribution in [0.15, 0.2) is 70.0 Å². The first kappa shape index (κ1) is 15.0. The molecule has 3 aromatic heterocycles. The Hall–Kier alpha value is -3.27. The number of hydrogen-bond donors (Lipinski definition) is 0. The van der Waals surface area contributed by atoms with Crippen LogP contribution in [0.1, 0.15) is 13.3 Å². The smallest absolute Gasteiger partial charge is 0.202 e. The van der Waals surface area contributed by atoms with Crippen molar-refractivity contribution in [2.75, 3.05) is 6.61 Å². The van der Waals surface area contributed by atoms with Gasteiger partial charge in [-0.25, -0.2) is 0 Å². The Morgan fingerprint density at radius 3 is 2.77 bits per heavy atom. The second kappa shape index (κ2) is 5.63. The summed E-state index contributed by atoms with van der Waals surface area (Å²) in [4.78, 5) is 13.1. The largest absolute Gasteiger partial charge is 0.493 e. The normalized spacial score (nSPS) is 11.7. The van der Waals surface area contributed by atoms with E-state index in [1.807, 2.05) is 47.0 Å². The summed E-state index contributed by atoms with van der Waals surface area (Å²) in [7, 11) is 0. The number of hydrogen-bond acceptors (Lipinski definition) is 3. The topological polar surface area (TPSA) is 43.9 Å². The van der Waals surface area contributed by atoms with Crippen LogP contribution in [0.2, 0.25) is 0 Å². The van der Waals surface area contributed by atoms with Crippen LogP contribution in [-0.2, 0) is 0 Å². The number of ether oxygens (including phenoxy) is 1. The number of nitrogens with zero attached hydrogens (tertiary/aromatic N) is 1. The molecule has 4 heteroatoms. The van der Waals surface area contributed by atoms with E-state index in [4.69, 9.17) is 9.15 Å². The zero-order valence-corrected chi connectivity index (χ0v) is 14.4. The molecule has 5 aromatic rings. The summed E-state index contributed by atoms with van der Waals surface area (Å²) in [6, 6.07) is 17.5. The van der Waals surface area contributed by atoms with Crippen molar-refractivity contribution in [1.29, 1.82) is 0 Å². The molecular weight excluding hydrogens is 326 g/mol. The first-order chi connectivity index (χ1) is 12.8. The van der Waals surface area contributed by atoms with E-state index in [-0.39, 0.29) is 5.43 Å². The third kappa shape index (κ3) is 2.12. The molecule has 0 aliphatic rings. The molecule has 0 radical (unpaired) electrons. The van der Waals surface area contributed by atoms with Crippen molar-refractivity contribution in [3.05, 3.63) is 71.0 Å². The van der Waals surface area contributed by atoms with Crippen LogP contribution in [0.25, 0.3) is 38.4 Å². The highest BCUT2D eigenvalue weighted by molar-refractivity contribution is 6.02. The van der Waals surface area contributed by atoms with E-state index >= 15 is 0 Å². The van der Waals surface area contributed by atoms with Gasteiger partial charge in [0.05, 0.1) is 34.6 Å². The lowest BCUT2D eigenvalue weighted by atomic mass is 10.1. The Morgan fingerprint density at radius 2 is 1.88 bits per heavy atom. The van der Waals surface area contributed by atoms with Crippen LogP contribution in [0.5, 0.6) is 5.75 Å². The van der Waals surface area contributed by atoms with Gasteiger partial charge in [0.1, 0.15) is 11.3 Å². The van der Waals surface area contributed by atoms with Crippen molar-refractivity contribution in [2.45, 2.75) is 13.3 Å². The molecule has 0 spiro atoms. The quantitative estimate of drug-likeness (QED) is 0.455. The lowest BCUT2D eigenvalue weighted by molar-refractivity contribution is 0.317. The molecule has 26 heavy (non-hydrogen) atoms. The SMILES string of the molecule is CCCOc1ccc2c(=O)c3c(cn4c5ccccc5ccc34)oc2c1. The van der Waals surface area contributed by atoms with Crippen LogP contribution in [0.3, 0.4) is 0 Å².